The number of fused-ring (bicyclic) bond motifs is 9. The van der Waals surface area contributed by atoms with Crippen LogP contribution < -0.4 is 0 Å². The summed E-state index contributed by atoms with van der Waals surface area (Å²) >= 11 is 1.88. The summed E-state index contributed by atoms with van der Waals surface area (Å²) in [6.07, 6.45) is 0. The third kappa shape index (κ3) is 4.22. The molecular weight excluding hydrogens is 637 g/mol. The van der Waals surface area contributed by atoms with Crippen LogP contribution in [0.2, 0.25) is 0 Å². The van der Waals surface area contributed by atoms with Crippen molar-refractivity contribution in [3.05, 3.63) is 182 Å². The molecule has 0 saturated carbocycles. The summed E-state index contributed by atoms with van der Waals surface area (Å²) in [5, 5.41) is 7.65. The summed E-state index contributed by atoms with van der Waals surface area (Å²) in [4.78, 5) is 0. The van der Waals surface area contributed by atoms with Crippen LogP contribution in [-0.4, -0.2) is 9.13 Å². The predicted molar refractivity (Wildman–Crippen MR) is 219 cm³/mol. The number of thiophene rings is 1. The largest absolute Gasteiger partial charge is 0.309 e. The van der Waals surface area contributed by atoms with E-state index in [9.17, 15) is 0 Å². The second kappa shape index (κ2) is 11.0. The van der Waals surface area contributed by atoms with E-state index in [2.05, 4.69) is 191 Å². The first-order valence-corrected chi connectivity index (χ1v) is 18.3. The molecule has 11 rings (SSSR count). The van der Waals surface area contributed by atoms with Gasteiger partial charge in [0.15, 0.2) is 0 Å². The van der Waals surface area contributed by atoms with Crippen molar-refractivity contribution in [2.24, 2.45) is 0 Å². The van der Waals surface area contributed by atoms with E-state index >= 15 is 0 Å². The molecule has 0 spiro atoms. The molecule has 8 aromatic carbocycles. The van der Waals surface area contributed by atoms with Gasteiger partial charge < -0.3 is 9.13 Å². The molecule has 0 aliphatic heterocycles. The summed E-state index contributed by atoms with van der Waals surface area (Å²) in [7, 11) is 0. The van der Waals surface area contributed by atoms with Gasteiger partial charge in [-0.2, -0.15) is 0 Å². The zero-order chi connectivity index (χ0) is 33.5. The molecule has 0 saturated heterocycles. The minimum atomic E-state index is 1.16. The Morgan fingerprint density at radius 2 is 0.902 bits per heavy atom. The van der Waals surface area contributed by atoms with Gasteiger partial charge in [0.25, 0.3) is 0 Å². The molecule has 0 amide bonds. The molecule has 51 heavy (non-hydrogen) atoms. The maximum absolute atomic E-state index is 2.50. The van der Waals surface area contributed by atoms with Gasteiger partial charge in [-0.3, -0.25) is 0 Å². The van der Waals surface area contributed by atoms with Gasteiger partial charge >= 0.3 is 0 Å². The topological polar surface area (TPSA) is 9.86 Å². The van der Waals surface area contributed by atoms with Gasteiger partial charge in [0.1, 0.15) is 0 Å². The van der Waals surface area contributed by atoms with Gasteiger partial charge in [-0.15, -0.1) is 11.3 Å². The molecule has 0 radical (unpaired) electrons. The molecule has 0 aliphatic rings. The van der Waals surface area contributed by atoms with Crippen LogP contribution in [0.3, 0.4) is 0 Å². The summed E-state index contributed by atoms with van der Waals surface area (Å²) in [5.41, 5.74) is 12.2. The quantitative estimate of drug-likeness (QED) is 0.177. The Bertz CT molecular complexity index is 3090. The van der Waals surface area contributed by atoms with Crippen LogP contribution in [0.4, 0.5) is 0 Å². The minimum absolute atomic E-state index is 1.16. The van der Waals surface area contributed by atoms with Crippen molar-refractivity contribution >= 4 is 75.1 Å². The van der Waals surface area contributed by atoms with Crippen molar-refractivity contribution < 1.29 is 0 Å². The van der Waals surface area contributed by atoms with Gasteiger partial charge in [0.05, 0.1) is 27.8 Å². The van der Waals surface area contributed by atoms with Crippen molar-refractivity contribution in [3.63, 3.8) is 0 Å². The second-order valence-corrected chi connectivity index (χ2v) is 14.4. The monoisotopic (exact) mass is 666 g/mol. The Balaban J connectivity index is 1.15. The van der Waals surface area contributed by atoms with Crippen LogP contribution in [0.15, 0.2) is 182 Å². The average Bonchev–Trinajstić information content (AvgIpc) is 3.85. The molecule has 0 fully saturated rings. The van der Waals surface area contributed by atoms with Crippen molar-refractivity contribution in [2.45, 2.75) is 0 Å². The zero-order valence-corrected chi connectivity index (χ0v) is 28.4. The van der Waals surface area contributed by atoms with Crippen molar-refractivity contribution in [1.29, 1.82) is 0 Å². The third-order valence-corrected chi connectivity index (χ3v) is 11.7. The third-order valence-electron chi connectivity index (χ3n) is 10.5. The lowest BCUT2D eigenvalue weighted by Crippen LogP contribution is -1.97. The summed E-state index contributed by atoms with van der Waals surface area (Å²) in [6.45, 7) is 0. The van der Waals surface area contributed by atoms with Crippen molar-refractivity contribution in [1.82, 2.24) is 9.13 Å². The molecule has 3 heteroatoms. The molecule has 0 N–H and O–H groups in total. The van der Waals surface area contributed by atoms with Crippen LogP contribution in [0.5, 0.6) is 0 Å². The molecule has 2 nitrogen and oxygen atoms in total. The van der Waals surface area contributed by atoms with E-state index in [-0.39, 0.29) is 0 Å². The van der Waals surface area contributed by atoms with Crippen molar-refractivity contribution in [3.8, 4) is 33.6 Å². The van der Waals surface area contributed by atoms with E-state index in [1.807, 2.05) is 11.3 Å². The van der Waals surface area contributed by atoms with Crippen LogP contribution >= 0.6 is 11.3 Å². The highest BCUT2D eigenvalue weighted by molar-refractivity contribution is 7.26. The van der Waals surface area contributed by atoms with E-state index in [4.69, 9.17) is 0 Å². The van der Waals surface area contributed by atoms with E-state index in [0.29, 0.717) is 0 Å². The SMILES string of the molecule is c1ccc(-c2ccccc2-c2ccc3c(c2)sc2cccc(-n4c5ccccc5c5ccc(-n6c7ccccc7c7ccccc76)cc54)c23)cc1. The highest BCUT2D eigenvalue weighted by atomic mass is 32.1. The number of hydrogen-bond acceptors (Lipinski definition) is 1. The Hall–Kier alpha value is -6.42. The van der Waals surface area contributed by atoms with Crippen LogP contribution in [0.1, 0.15) is 0 Å². The van der Waals surface area contributed by atoms with Gasteiger partial charge in [-0.25, -0.2) is 0 Å². The molecule has 0 aliphatic carbocycles. The Kier molecular flexibility index (Phi) is 6.16. The molecule has 0 bridgehead atoms. The number of para-hydroxylation sites is 3. The maximum Gasteiger partial charge on any atom is 0.0562 e. The molecule has 0 unspecified atom stereocenters. The smallest absolute Gasteiger partial charge is 0.0562 e. The number of aromatic nitrogens is 2. The molecule has 0 atom stereocenters. The van der Waals surface area contributed by atoms with Crippen LogP contribution in [0, 0.1) is 0 Å². The molecular formula is C48H30N2S. The van der Waals surface area contributed by atoms with E-state index in [1.54, 1.807) is 0 Å². The lowest BCUT2D eigenvalue weighted by atomic mass is 9.94. The molecule has 11 aromatic rings. The number of rotatable bonds is 4. The molecule has 238 valence electrons. The lowest BCUT2D eigenvalue weighted by molar-refractivity contribution is 1.16. The molecule has 3 aromatic heterocycles. The number of hydrogen-bond donors (Lipinski definition) is 0. The minimum Gasteiger partial charge on any atom is -0.309 e. The highest BCUT2D eigenvalue weighted by Crippen LogP contribution is 2.44. The van der Waals surface area contributed by atoms with Crippen LogP contribution in [-0.2, 0) is 0 Å². The standard InChI is InChI=1S/C48H30N2S/c1-2-13-31(14-3-1)34-15-4-5-16-35(34)32-25-27-40-47(29-32)51-46-24-12-23-44(48(40)46)50-43-22-11-8-19-38(43)39-28-26-33(30-45(39)50)49-41-20-9-6-17-36(41)37-18-7-10-21-42(37)49/h1-30H. The fourth-order valence-electron chi connectivity index (χ4n) is 8.32. The normalized spacial score (nSPS) is 11.9. The second-order valence-electron chi connectivity index (χ2n) is 13.3. The van der Waals surface area contributed by atoms with E-state index in [0.717, 1.165) is 5.69 Å². The Labute approximate surface area is 298 Å². The Morgan fingerprint density at radius 3 is 1.61 bits per heavy atom. The predicted octanol–water partition coefficient (Wildman–Crippen LogP) is 13.6. The number of benzene rings is 8. The van der Waals surface area contributed by atoms with Crippen LogP contribution in [0.25, 0.3) is 97.4 Å². The fraction of sp³-hybridized carbons (Fsp3) is 0. The van der Waals surface area contributed by atoms with Crippen molar-refractivity contribution in [2.75, 3.05) is 0 Å². The first kappa shape index (κ1) is 28.4. The fourth-order valence-corrected chi connectivity index (χ4v) is 9.49. The summed E-state index contributed by atoms with van der Waals surface area (Å²) < 4.78 is 7.50. The van der Waals surface area contributed by atoms with E-state index < -0.39 is 0 Å². The summed E-state index contributed by atoms with van der Waals surface area (Å²) in [6, 6.07) is 66.6. The van der Waals surface area contributed by atoms with E-state index in [1.165, 1.54) is 91.7 Å². The van der Waals surface area contributed by atoms with Gasteiger partial charge in [0, 0.05) is 47.4 Å². The lowest BCUT2D eigenvalue weighted by Gasteiger charge is -2.13. The Morgan fingerprint density at radius 1 is 0.333 bits per heavy atom. The van der Waals surface area contributed by atoms with Gasteiger partial charge in [-0.05, 0) is 70.8 Å². The van der Waals surface area contributed by atoms with Gasteiger partial charge in [-0.1, -0.05) is 133 Å². The number of nitrogens with zero attached hydrogens (tertiary/aromatic N) is 2. The summed E-state index contributed by atoms with van der Waals surface area (Å²) in [5.74, 6) is 0. The average molecular weight is 667 g/mol. The van der Waals surface area contributed by atoms with Gasteiger partial charge in [0.2, 0.25) is 0 Å². The zero-order valence-electron chi connectivity index (χ0n) is 27.6. The maximum atomic E-state index is 2.50. The highest BCUT2D eigenvalue weighted by Gasteiger charge is 2.19. The molecule has 3 heterocycles. The first-order valence-electron chi connectivity index (χ1n) is 17.4. The first-order chi connectivity index (χ1) is 25.3.